The molecule has 1 aliphatic rings. The molecule has 0 saturated heterocycles. The Balaban J connectivity index is 1.58. The van der Waals surface area contributed by atoms with Crippen molar-refractivity contribution in [3.05, 3.63) is 24.2 Å². The maximum absolute atomic E-state index is 5.31. The molecule has 1 fully saturated rings. The van der Waals surface area contributed by atoms with Gasteiger partial charge in [-0.15, -0.1) is 0 Å². The van der Waals surface area contributed by atoms with E-state index in [0.717, 1.165) is 30.4 Å². The lowest BCUT2D eigenvalue weighted by molar-refractivity contribution is 0.452. The van der Waals surface area contributed by atoms with E-state index in [2.05, 4.69) is 25.2 Å². The molecule has 1 aromatic rings. The van der Waals surface area contributed by atoms with Gasteiger partial charge in [0.25, 0.3) is 0 Å². The number of rotatable bonds is 6. The van der Waals surface area contributed by atoms with Gasteiger partial charge >= 0.3 is 0 Å². The Hall–Kier alpha value is -0.760. The second-order valence-corrected chi connectivity index (χ2v) is 4.90. The zero-order chi connectivity index (χ0) is 10.7. The maximum Gasteiger partial charge on any atom is 0.103 e. The zero-order valence-electron chi connectivity index (χ0n) is 9.70. The summed E-state index contributed by atoms with van der Waals surface area (Å²) in [5.41, 5.74) is 0. The molecule has 0 radical (unpaired) electrons. The minimum atomic E-state index is 0.600. The van der Waals surface area contributed by atoms with E-state index in [1.54, 1.807) is 6.26 Å². The molecule has 0 bridgehead atoms. The minimum Gasteiger partial charge on any atom is -0.469 e. The molecule has 84 valence electrons. The summed E-state index contributed by atoms with van der Waals surface area (Å²) in [6, 6.07) is 4.61. The molecule has 2 rings (SSSR count). The van der Waals surface area contributed by atoms with Crippen molar-refractivity contribution in [3.8, 4) is 0 Å². The van der Waals surface area contributed by atoms with Crippen molar-refractivity contribution in [3.63, 3.8) is 0 Å². The highest BCUT2D eigenvalue weighted by atomic mass is 16.3. The Bertz CT molecular complexity index is 281. The fourth-order valence-electron chi connectivity index (χ4n) is 1.95. The smallest absolute Gasteiger partial charge is 0.103 e. The summed E-state index contributed by atoms with van der Waals surface area (Å²) in [4.78, 5) is 0. The van der Waals surface area contributed by atoms with Gasteiger partial charge in [-0.3, -0.25) is 0 Å². The van der Waals surface area contributed by atoms with Crippen LogP contribution in [0, 0.1) is 11.8 Å². The topological polar surface area (TPSA) is 25.2 Å². The van der Waals surface area contributed by atoms with Crippen LogP contribution in [-0.4, -0.2) is 12.6 Å². The fourth-order valence-corrected chi connectivity index (χ4v) is 1.95. The lowest BCUT2D eigenvalue weighted by Crippen LogP contribution is -2.28. The van der Waals surface area contributed by atoms with Crippen LogP contribution < -0.4 is 5.32 Å². The summed E-state index contributed by atoms with van der Waals surface area (Å²) >= 11 is 0. The molecule has 0 spiro atoms. The van der Waals surface area contributed by atoms with Crippen molar-refractivity contribution in [2.24, 2.45) is 11.8 Å². The summed E-state index contributed by atoms with van der Waals surface area (Å²) < 4.78 is 5.31. The number of aryl methyl sites for hydroxylation is 1. The molecule has 1 heterocycles. The first kappa shape index (κ1) is 10.7. The normalized spacial score (nSPS) is 26.5. The van der Waals surface area contributed by atoms with Crippen LogP contribution in [0.15, 0.2) is 22.8 Å². The van der Waals surface area contributed by atoms with Crippen LogP contribution in [0.2, 0.25) is 0 Å². The summed E-state index contributed by atoms with van der Waals surface area (Å²) in [5, 5.41) is 3.60. The molecule has 1 N–H and O–H groups in total. The lowest BCUT2D eigenvalue weighted by atomic mass is 10.1. The average Bonchev–Trinajstić information content (AvgIpc) is 2.73. The van der Waals surface area contributed by atoms with Crippen LogP contribution in [0.25, 0.3) is 0 Å². The van der Waals surface area contributed by atoms with Gasteiger partial charge < -0.3 is 9.73 Å². The van der Waals surface area contributed by atoms with E-state index in [4.69, 9.17) is 4.42 Å². The van der Waals surface area contributed by atoms with Gasteiger partial charge in [-0.2, -0.15) is 0 Å². The van der Waals surface area contributed by atoms with Crippen molar-refractivity contribution in [2.45, 2.75) is 39.2 Å². The van der Waals surface area contributed by atoms with E-state index >= 15 is 0 Å². The second-order valence-electron chi connectivity index (χ2n) is 4.90. The first-order chi connectivity index (χ1) is 7.25. The third-order valence-corrected chi connectivity index (χ3v) is 3.41. The fraction of sp³-hybridized carbons (Fsp3) is 0.692. The minimum absolute atomic E-state index is 0.600. The highest BCUT2D eigenvalue weighted by Gasteiger charge is 2.31. The Labute approximate surface area is 92.1 Å². The van der Waals surface area contributed by atoms with E-state index in [-0.39, 0.29) is 0 Å². The Kier molecular flexibility index (Phi) is 3.47. The molecule has 1 aliphatic carbocycles. The maximum atomic E-state index is 5.31. The van der Waals surface area contributed by atoms with Gasteiger partial charge in [0.05, 0.1) is 6.26 Å². The molecule has 0 amide bonds. The summed E-state index contributed by atoms with van der Waals surface area (Å²) in [7, 11) is 0. The molecule has 2 nitrogen and oxygen atoms in total. The third kappa shape index (κ3) is 3.38. The van der Waals surface area contributed by atoms with Gasteiger partial charge in [0.2, 0.25) is 0 Å². The Morgan fingerprint density at radius 3 is 3.00 bits per heavy atom. The Morgan fingerprint density at radius 2 is 2.40 bits per heavy atom. The van der Waals surface area contributed by atoms with E-state index in [9.17, 15) is 0 Å². The van der Waals surface area contributed by atoms with Crippen molar-refractivity contribution in [2.75, 3.05) is 6.54 Å². The lowest BCUT2D eigenvalue weighted by Gasteiger charge is -2.12. The van der Waals surface area contributed by atoms with Crippen LogP contribution in [0.4, 0.5) is 0 Å². The Morgan fingerprint density at radius 1 is 1.60 bits per heavy atom. The molecule has 3 atom stereocenters. The van der Waals surface area contributed by atoms with Crippen LogP contribution in [-0.2, 0) is 6.42 Å². The highest BCUT2D eigenvalue weighted by molar-refractivity contribution is 4.98. The van der Waals surface area contributed by atoms with Crippen LogP contribution in [0.1, 0.15) is 32.4 Å². The largest absolute Gasteiger partial charge is 0.469 e. The van der Waals surface area contributed by atoms with Crippen molar-refractivity contribution >= 4 is 0 Å². The van der Waals surface area contributed by atoms with E-state index in [1.165, 1.54) is 13.0 Å². The second kappa shape index (κ2) is 4.84. The first-order valence-electron chi connectivity index (χ1n) is 6.01. The molecule has 0 aromatic carbocycles. The zero-order valence-corrected chi connectivity index (χ0v) is 9.70. The molecule has 3 unspecified atom stereocenters. The highest BCUT2D eigenvalue weighted by Crippen LogP contribution is 2.36. The summed E-state index contributed by atoms with van der Waals surface area (Å²) in [6.07, 6.45) is 5.37. The summed E-state index contributed by atoms with van der Waals surface area (Å²) in [5.74, 6) is 2.99. The van der Waals surface area contributed by atoms with Crippen LogP contribution >= 0.6 is 0 Å². The van der Waals surface area contributed by atoms with Gasteiger partial charge in [-0.05, 0) is 50.3 Å². The molecular formula is C13H21NO. The molecule has 2 heteroatoms. The van der Waals surface area contributed by atoms with Gasteiger partial charge in [-0.25, -0.2) is 0 Å². The first-order valence-corrected chi connectivity index (χ1v) is 6.01. The molecule has 1 aromatic heterocycles. The number of hydrogen-bond donors (Lipinski definition) is 1. The monoisotopic (exact) mass is 207 g/mol. The molecule has 15 heavy (non-hydrogen) atoms. The van der Waals surface area contributed by atoms with Crippen LogP contribution in [0.3, 0.4) is 0 Å². The van der Waals surface area contributed by atoms with Gasteiger partial charge in [0.15, 0.2) is 0 Å². The summed E-state index contributed by atoms with van der Waals surface area (Å²) in [6.45, 7) is 5.79. The predicted molar refractivity (Wildman–Crippen MR) is 61.8 cm³/mol. The average molecular weight is 207 g/mol. The number of hydrogen-bond acceptors (Lipinski definition) is 2. The van der Waals surface area contributed by atoms with E-state index in [0.29, 0.717) is 6.04 Å². The third-order valence-electron chi connectivity index (χ3n) is 3.41. The standard InChI is InChI=1S/C13H21NO/c1-10-8-12(10)9-14-11(2)5-6-13-4-3-7-15-13/h3-4,7,10-12,14H,5-6,8-9H2,1-2H3. The number of nitrogens with one attached hydrogen (secondary N) is 1. The van der Waals surface area contributed by atoms with Crippen molar-refractivity contribution in [1.82, 2.24) is 5.32 Å². The predicted octanol–water partition coefficient (Wildman–Crippen LogP) is 2.85. The molecule has 0 aliphatic heterocycles. The number of furan rings is 1. The molecular weight excluding hydrogens is 186 g/mol. The van der Waals surface area contributed by atoms with E-state index in [1.807, 2.05) is 6.07 Å². The molecule has 1 saturated carbocycles. The van der Waals surface area contributed by atoms with Gasteiger partial charge in [-0.1, -0.05) is 6.92 Å². The SMILES string of the molecule is CC(CCc1ccco1)NCC1CC1C. The van der Waals surface area contributed by atoms with E-state index < -0.39 is 0 Å². The van der Waals surface area contributed by atoms with Crippen LogP contribution in [0.5, 0.6) is 0 Å². The van der Waals surface area contributed by atoms with Gasteiger partial charge in [0, 0.05) is 12.5 Å². The van der Waals surface area contributed by atoms with Crippen molar-refractivity contribution < 1.29 is 4.42 Å². The van der Waals surface area contributed by atoms with Gasteiger partial charge in [0.1, 0.15) is 5.76 Å². The quantitative estimate of drug-likeness (QED) is 0.776. The van der Waals surface area contributed by atoms with Crippen molar-refractivity contribution in [1.29, 1.82) is 0 Å².